The second-order valence-corrected chi connectivity index (χ2v) is 5.85. The average molecular weight is 374 g/mol. The van der Waals surface area contributed by atoms with Crippen LogP contribution in [-0.4, -0.2) is 30.9 Å². The van der Waals surface area contributed by atoms with E-state index in [0.29, 0.717) is 41.5 Å². The van der Waals surface area contributed by atoms with Crippen molar-refractivity contribution in [1.29, 1.82) is 0 Å². The van der Waals surface area contributed by atoms with Crippen LogP contribution in [0.5, 0.6) is 5.75 Å². The Labute approximate surface area is 157 Å². The standard InChI is InChI=1S/C20H20ClNO4/c21-17-8-5-15(6-9-17)4-3-13-26-20(24)16-7-10-18(22)19(14-16)25-12-2-1-11-23/h5-10,14,23H,1-2,11-13,22H2. The molecular weight excluding hydrogens is 354 g/mol. The van der Waals surface area contributed by atoms with Gasteiger partial charge in [-0.2, -0.15) is 0 Å². The highest BCUT2D eigenvalue weighted by molar-refractivity contribution is 6.30. The second-order valence-electron chi connectivity index (χ2n) is 5.42. The lowest BCUT2D eigenvalue weighted by atomic mass is 10.2. The molecule has 0 unspecified atom stereocenters. The lowest BCUT2D eigenvalue weighted by Gasteiger charge is -2.10. The fourth-order valence-corrected chi connectivity index (χ4v) is 2.16. The van der Waals surface area contributed by atoms with Crippen molar-refractivity contribution in [3.63, 3.8) is 0 Å². The molecule has 0 bridgehead atoms. The van der Waals surface area contributed by atoms with E-state index in [-0.39, 0.29) is 13.2 Å². The van der Waals surface area contributed by atoms with Crippen LogP contribution in [0.15, 0.2) is 42.5 Å². The molecule has 3 N–H and O–H groups in total. The number of hydrogen-bond acceptors (Lipinski definition) is 5. The maximum Gasteiger partial charge on any atom is 0.339 e. The molecule has 0 heterocycles. The van der Waals surface area contributed by atoms with Gasteiger partial charge in [0.25, 0.3) is 0 Å². The summed E-state index contributed by atoms with van der Waals surface area (Å²) in [6.45, 7) is 0.497. The van der Waals surface area contributed by atoms with Gasteiger partial charge in [-0.1, -0.05) is 23.4 Å². The third-order valence-electron chi connectivity index (χ3n) is 3.41. The van der Waals surface area contributed by atoms with Crippen molar-refractivity contribution in [3.8, 4) is 17.6 Å². The Morgan fingerprint density at radius 1 is 1.15 bits per heavy atom. The van der Waals surface area contributed by atoms with Crippen LogP contribution < -0.4 is 10.5 Å². The molecule has 0 aliphatic carbocycles. The molecule has 0 fully saturated rings. The fourth-order valence-electron chi connectivity index (χ4n) is 2.04. The van der Waals surface area contributed by atoms with E-state index in [9.17, 15) is 4.79 Å². The zero-order valence-electron chi connectivity index (χ0n) is 14.2. The summed E-state index contributed by atoms with van der Waals surface area (Å²) in [7, 11) is 0. The number of esters is 1. The van der Waals surface area contributed by atoms with Gasteiger partial charge in [-0.05, 0) is 55.3 Å². The van der Waals surface area contributed by atoms with E-state index in [1.54, 1.807) is 42.5 Å². The molecule has 2 aromatic rings. The van der Waals surface area contributed by atoms with Gasteiger partial charge in [0.15, 0.2) is 6.61 Å². The number of anilines is 1. The van der Waals surface area contributed by atoms with Crippen molar-refractivity contribution < 1.29 is 19.4 Å². The van der Waals surface area contributed by atoms with Gasteiger partial charge >= 0.3 is 5.97 Å². The monoisotopic (exact) mass is 373 g/mol. The number of unbranched alkanes of at least 4 members (excludes halogenated alkanes) is 1. The van der Waals surface area contributed by atoms with E-state index in [1.807, 2.05) is 0 Å². The summed E-state index contributed by atoms with van der Waals surface area (Å²) in [6.07, 6.45) is 1.35. The maximum atomic E-state index is 12.1. The van der Waals surface area contributed by atoms with Gasteiger partial charge in [-0.15, -0.1) is 0 Å². The Balaban J connectivity index is 1.89. The molecule has 0 aromatic heterocycles. The highest BCUT2D eigenvalue weighted by Gasteiger charge is 2.10. The Morgan fingerprint density at radius 3 is 2.65 bits per heavy atom. The third kappa shape index (κ3) is 6.32. The number of ether oxygens (including phenoxy) is 2. The van der Waals surface area contributed by atoms with Gasteiger partial charge in [0.1, 0.15) is 5.75 Å². The molecule has 6 heteroatoms. The molecule has 0 saturated heterocycles. The van der Waals surface area contributed by atoms with Crippen molar-refractivity contribution >= 4 is 23.3 Å². The predicted molar refractivity (Wildman–Crippen MR) is 101 cm³/mol. The van der Waals surface area contributed by atoms with E-state index in [0.717, 1.165) is 5.56 Å². The van der Waals surface area contributed by atoms with Gasteiger partial charge in [0.05, 0.1) is 17.9 Å². The number of carbonyl (C=O) groups is 1. The fraction of sp³-hybridized carbons (Fsp3) is 0.250. The lowest BCUT2D eigenvalue weighted by molar-refractivity contribution is 0.0556. The highest BCUT2D eigenvalue weighted by Crippen LogP contribution is 2.23. The minimum Gasteiger partial charge on any atom is -0.491 e. The van der Waals surface area contributed by atoms with Crippen molar-refractivity contribution in [2.24, 2.45) is 0 Å². The topological polar surface area (TPSA) is 81.8 Å². The average Bonchev–Trinajstić information content (AvgIpc) is 2.65. The van der Waals surface area contributed by atoms with Crippen molar-refractivity contribution in [1.82, 2.24) is 0 Å². The first-order valence-electron chi connectivity index (χ1n) is 8.15. The number of benzene rings is 2. The largest absolute Gasteiger partial charge is 0.491 e. The van der Waals surface area contributed by atoms with Crippen molar-refractivity contribution in [2.75, 3.05) is 25.6 Å². The molecule has 136 valence electrons. The minimum absolute atomic E-state index is 0.0292. The first-order chi connectivity index (χ1) is 12.6. The molecule has 0 spiro atoms. The van der Waals surface area contributed by atoms with Crippen LogP contribution >= 0.6 is 11.6 Å². The van der Waals surface area contributed by atoms with Crippen LogP contribution in [0.1, 0.15) is 28.8 Å². The molecule has 0 saturated carbocycles. The van der Waals surface area contributed by atoms with Crippen LogP contribution in [0.2, 0.25) is 5.02 Å². The predicted octanol–water partition coefficient (Wildman–Crippen LogP) is 3.28. The summed E-state index contributed by atoms with van der Waals surface area (Å²) in [4.78, 5) is 12.1. The van der Waals surface area contributed by atoms with Gasteiger partial charge in [0, 0.05) is 17.2 Å². The molecule has 0 aliphatic heterocycles. The van der Waals surface area contributed by atoms with E-state index in [2.05, 4.69) is 11.8 Å². The summed E-state index contributed by atoms with van der Waals surface area (Å²) in [6, 6.07) is 11.8. The van der Waals surface area contributed by atoms with Crippen molar-refractivity contribution in [3.05, 3.63) is 58.6 Å². The molecule has 26 heavy (non-hydrogen) atoms. The Bertz CT molecular complexity index is 794. The zero-order valence-corrected chi connectivity index (χ0v) is 15.0. The summed E-state index contributed by atoms with van der Waals surface area (Å²) < 4.78 is 10.7. The van der Waals surface area contributed by atoms with Gasteiger partial charge in [-0.25, -0.2) is 4.79 Å². The van der Waals surface area contributed by atoms with Gasteiger partial charge in [0.2, 0.25) is 0 Å². The van der Waals surface area contributed by atoms with Crippen molar-refractivity contribution in [2.45, 2.75) is 12.8 Å². The first-order valence-corrected chi connectivity index (χ1v) is 8.52. The Morgan fingerprint density at radius 2 is 1.92 bits per heavy atom. The quantitative estimate of drug-likeness (QED) is 0.337. The number of rotatable bonds is 7. The molecule has 0 atom stereocenters. The number of aliphatic hydroxyl groups excluding tert-OH is 1. The molecule has 0 radical (unpaired) electrons. The summed E-state index contributed by atoms with van der Waals surface area (Å²) >= 11 is 5.81. The van der Waals surface area contributed by atoms with Crippen LogP contribution in [0.25, 0.3) is 0 Å². The van der Waals surface area contributed by atoms with Crippen LogP contribution in [0.3, 0.4) is 0 Å². The van der Waals surface area contributed by atoms with E-state index < -0.39 is 5.97 Å². The molecular formula is C20H20ClNO4. The summed E-state index contributed by atoms with van der Waals surface area (Å²) in [5.41, 5.74) is 7.41. The summed E-state index contributed by atoms with van der Waals surface area (Å²) in [5.74, 6) is 5.59. The molecule has 2 rings (SSSR count). The number of aliphatic hydroxyl groups is 1. The van der Waals surface area contributed by atoms with E-state index in [4.69, 9.17) is 31.9 Å². The Hall–Kier alpha value is -2.68. The first kappa shape index (κ1) is 19.6. The molecule has 0 aliphatic rings. The normalized spacial score (nSPS) is 9.92. The SMILES string of the molecule is Nc1ccc(C(=O)OCC#Cc2ccc(Cl)cc2)cc1OCCCCO. The van der Waals surface area contributed by atoms with E-state index >= 15 is 0 Å². The van der Waals surface area contributed by atoms with E-state index in [1.165, 1.54) is 0 Å². The number of carbonyl (C=O) groups excluding carboxylic acids is 1. The number of halogens is 1. The lowest BCUT2D eigenvalue weighted by Crippen LogP contribution is -2.07. The zero-order chi connectivity index (χ0) is 18.8. The number of nitrogen functional groups attached to an aromatic ring is 1. The second kappa shape index (κ2) is 10.3. The van der Waals surface area contributed by atoms with Gasteiger partial charge in [-0.3, -0.25) is 0 Å². The third-order valence-corrected chi connectivity index (χ3v) is 3.66. The van der Waals surface area contributed by atoms with Crippen LogP contribution in [0, 0.1) is 11.8 Å². The summed E-state index contributed by atoms with van der Waals surface area (Å²) in [5, 5.41) is 9.40. The Kier molecular flexibility index (Phi) is 7.81. The maximum absolute atomic E-state index is 12.1. The molecule has 2 aromatic carbocycles. The van der Waals surface area contributed by atoms with Gasteiger partial charge < -0.3 is 20.3 Å². The molecule has 0 amide bonds. The highest BCUT2D eigenvalue weighted by atomic mass is 35.5. The number of hydrogen-bond donors (Lipinski definition) is 2. The smallest absolute Gasteiger partial charge is 0.339 e. The molecule has 5 nitrogen and oxygen atoms in total. The van der Waals surface area contributed by atoms with Crippen LogP contribution in [-0.2, 0) is 4.74 Å². The van der Waals surface area contributed by atoms with Crippen LogP contribution in [0.4, 0.5) is 5.69 Å². The minimum atomic E-state index is -0.504. The number of nitrogens with two attached hydrogens (primary N) is 1.